The van der Waals surface area contributed by atoms with E-state index in [9.17, 15) is 0 Å². The first-order chi connectivity index (χ1) is 11.3. The first kappa shape index (κ1) is 19.7. The van der Waals surface area contributed by atoms with Gasteiger partial charge in [0, 0.05) is 44.0 Å². The Bertz CT molecular complexity index is 804. The van der Waals surface area contributed by atoms with E-state index in [0.29, 0.717) is 6.04 Å². The van der Waals surface area contributed by atoms with E-state index in [4.69, 9.17) is 4.98 Å². The summed E-state index contributed by atoms with van der Waals surface area (Å²) < 4.78 is 2.23. The average molecular weight is 379 g/mol. The van der Waals surface area contributed by atoms with E-state index in [1.807, 2.05) is 6.07 Å². The van der Waals surface area contributed by atoms with Gasteiger partial charge in [0.15, 0.2) is 0 Å². The molecule has 3 heterocycles. The maximum absolute atomic E-state index is 4.89. The predicted molar refractivity (Wildman–Crippen MR) is 108 cm³/mol. The third kappa shape index (κ3) is 3.98. The van der Waals surface area contributed by atoms with Gasteiger partial charge in [-0.15, -0.1) is 24.8 Å². The van der Waals surface area contributed by atoms with Gasteiger partial charge in [-0.05, 0) is 19.1 Å². The number of hydrogen-bond donors (Lipinski definition) is 1. The largest absolute Gasteiger partial charge is 0.314 e. The number of pyridine rings is 1. The van der Waals surface area contributed by atoms with Crippen molar-refractivity contribution in [1.29, 1.82) is 0 Å². The third-order valence-electron chi connectivity index (χ3n) is 4.67. The summed E-state index contributed by atoms with van der Waals surface area (Å²) in [5, 5.41) is 3.46. The quantitative estimate of drug-likeness (QED) is 0.754. The second-order valence-electron chi connectivity index (χ2n) is 6.23. The molecule has 4 nitrogen and oxygen atoms in total. The number of fused-ring (bicyclic) bond motifs is 1. The molecule has 1 fully saturated rings. The van der Waals surface area contributed by atoms with Gasteiger partial charge in [0.05, 0.1) is 11.4 Å². The lowest BCUT2D eigenvalue weighted by atomic mass is 10.1. The van der Waals surface area contributed by atoms with Crippen molar-refractivity contribution in [1.82, 2.24) is 19.6 Å². The SMILES string of the molecule is C[C@@H]1CNCCN1Cc1c(-c2ccccc2)nc2ccccn12.Cl.Cl. The van der Waals surface area contributed by atoms with E-state index >= 15 is 0 Å². The van der Waals surface area contributed by atoms with Crippen molar-refractivity contribution in [2.45, 2.75) is 19.5 Å². The fraction of sp³-hybridized carbons (Fsp3) is 0.316. The molecule has 25 heavy (non-hydrogen) atoms. The highest BCUT2D eigenvalue weighted by molar-refractivity contribution is 5.85. The Balaban J connectivity index is 0.00000113. The molecule has 1 aliphatic rings. The average Bonchev–Trinajstić information content (AvgIpc) is 2.96. The minimum Gasteiger partial charge on any atom is -0.314 e. The fourth-order valence-electron chi connectivity index (χ4n) is 3.34. The summed E-state index contributed by atoms with van der Waals surface area (Å²) in [6.07, 6.45) is 2.12. The van der Waals surface area contributed by atoms with Crippen molar-refractivity contribution in [3.05, 3.63) is 60.4 Å². The van der Waals surface area contributed by atoms with E-state index in [1.54, 1.807) is 0 Å². The molecule has 2 aromatic heterocycles. The van der Waals surface area contributed by atoms with E-state index in [-0.39, 0.29) is 24.8 Å². The van der Waals surface area contributed by atoms with Gasteiger partial charge in [0.2, 0.25) is 0 Å². The summed E-state index contributed by atoms with van der Waals surface area (Å²) in [6.45, 7) is 6.41. The van der Waals surface area contributed by atoms with Crippen molar-refractivity contribution >= 4 is 30.5 Å². The number of imidazole rings is 1. The van der Waals surface area contributed by atoms with Crippen molar-refractivity contribution in [2.24, 2.45) is 0 Å². The molecule has 1 N–H and O–H groups in total. The zero-order chi connectivity index (χ0) is 15.6. The summed E-state index contributed by atoms with van der Waals surface area (Å²) in [6, 6.07) is 17.3. The molecule has 1 aliphatic heterocycles. The molecule has 1 aromatic carbocycles. The molecule has 0 spiro atoms. The number of benzene rings is 1. The second kappa shape index (κ2) is 8.68. The second-order valence-corrected chi connectivity index (χ2v) is 6.23. The predicted octanol–water partition coefficient (Wildman–Crippen LogP) is 3.64. The molecular weight excluding hydrogens is 355 g/mol. The maximum atomic E-state index is 4.89. The van der Waals surface area contributed by atoms with E-state index in [1.165, 1.54) is 11.3 Å². The van der Waals surface area contributed by atoms with Crippen LogP contribution in [0.4, 0.5) is 0 Å². The summed E-state index contributed by atoms with van der Waals surface area (Å²) in [5.74, 6) is 0. The van der Waals surface area contributed by atoms with Gasteiger partial charge < -0.3 is 9.72 Å². The Kier molecular flexibility index (Phi) is 6.85. The Labute approximate surface area is 161 Å². The fourth-order valence-corrected chi connectivity index (χ4v) is 3.34. The topological polar surface area (TPSA) is 32.6 Å². The number of nitrogens with one attached hydrogen (secondary N) is 1. The molecule has 0 aliphatic carbocycles. The molecule has 134 valence electrons. The van der Waals surface area contributed by atoms with Crippen LogP contribution in [0.1, 0.15) is 12.6 Å². The van der Waals surface area contributed by atoms with Crippen molar-refractivity contribution in [3.63, 3.8) is 0 Å². The first-order valence-electron chi connectivity index (χ1n) is 8.29. The number of aromatic nitrogens is 2. The van der Waals surface area contributed by atoms with E-state index in [2.05, 4.69) is 70.2 Å². The lowest BCUT2D eigenvalue weighted by Gasteiger charge is -2.33. The van der Waals surface area contributed by atoms with Crippen molar-refractivity contribution in [2.75, 3.05) is 19.6 Å². The molecular formula is C19H24Cl2N4. The lowest BCUT2D eigenvalue weighted by molar-refractivity contribution is 0.163. The third-order valence-corrected chi connectivity index (χ3v) is 4.67. The van der Waals surface area contributed by atoms with Gasteiger partial charge >= 0.3 is 0 Å². The molecule has 0 amide bonds. The van der Waals surface area contributed by atoms with Crippen LogP contribution in [0.5, 0.6) is 0 Å². The molecule has 0 saturated carbocycles. The smallest absolute Gasteiger partial charge is 0.137 e. The highest BCUT2D eigenvalue weighted by Gasteiger charge is 2.22. The molecule has 3 aromatic rings. The monoisotopic (exact) mass is 378 g/mol. The Morgan fingerprint density at radius 2 is 1.84 bits per heavy atom. The summed E-state index contributed by atoms with van der Waals surface area (Å²) in [5.41, 5.74) is 4.58. The van der Waals surface area contributed by atoms with Gasteiger partial charge in [-0.3, -0.25) is 4.90 Å². The van der Waals surface area contributed by atoms with E-state index < -0.39 is 0 Å². The number of halogens is 2. The van der Waals surface area contributed by atoms with E-state index in [0.717, 1.165) is 37.5 Å². The summed E-state index contributed by atoms with van der Waals surface area (Å²) >= 11 is 0. The zero-order valence-electron chi connectivity index (χ0n) is 14.3. The van der Waals surface area contributed by atoms with Crippen LogP contribution in [0.15, 0.2) is 54.7 Å². The molecule has 1 atom stereocenters. The highest BCUT2D eigenvalue weighted by atomic mass is 35.5. The molecule has 1 saturated heterocycles. The Morgan fingerprint density at radius 1 is 1.08 bits per heavy atom. The van der Waals surface area contributed by atoms with Gasteiger partial charge in [-0.25, -0.2) is 4.98 Å². The van der Waals surface area contributed by atoms with Crippen LogP contribution in [0.3, 0.4) is 0 Å². The number of hydrogen-bond acceptors (Lipinski definition) is 3. The van der Waals surface area contributed by atoms with Gasteiger partial charge in [-0.2, -0.15) is 0 Å². The van der Waals surface area contributed by atoms with Crippen LogP contribution in [-0.4, -0.2) is 40.0 Å². The summed E-state index contributed by atoms with van der Waals surface area (Å²) in [4.78, 5) is 7.44. The Morgan fingerprint density at radius 3 is 2.60 bits per heavy atom. The van der Waals surface area contributed by atoms with Crippen LogP contribution >= 0.6 is 24.8 Å². The molecule has 4 rings (SSSR count). The number of rotatable bonds is 3. The highest BCUT2D eigenvalue weighted by Crippen LogP contribution is 2.26. The maximum Gasteiger partial charge on any atom is 0.137 e. The first-order valence-corrected chi connectivity index (χ1v) is 8.29. The minimum atomic E-state index is 0. The van der Waals surface area contributed by atoms with Crippen LogP contribution in [0.25, 0.3) is 16.9 Å². The lowest BCUT2D eigenvalue weighted by Crippen LogP contribution is -2.49. The Hall–Kier alpha value is -1.59. The number of nitrogens with zero attached hydrogens (tertiary/aromatic N) is 3. The van der Waals surface area contributed by atoms with Crippen molar-refractivity contribution < 1.29 is 0 Å². The normalized spacial score (nSPS) is 17.7. The molecule has 0 radical (unpaired) electrons. The minimum absolute atomic E-state index is 0. The van der Waals surface area contributed by atoms with Gasteiger partial charge in [-0.1, -0.05) is 36.4 Å². The van der Waals surface area contributed by atoms with Crippen LogP contribution in [0, 0.1) is 0 Å². The van der Waals surface area contributed by atoms with Crippen LogP contribution in [-0.2, 0) is 6.54 Å². The number of piperazine rings is 1. The van der Waals surface area contributed by atoms with Crippen LogP contribution < -0.4 is 5.32 Å². The molecule has 0 unspecified atom stereocenters. The van der Waals surface area contributed by atoms with Crippen LogP contribution in [0.2, 0.25) is 0 Å². The summed E-state index contributed by atoms with van der Waals surface area (Å²) in [7, 11) is 0. The molecule has 6 heteroatoms. The zero-order valence-corrected chi connectivity index (χ0v) is 15.9. The standard InChI is InChI=1S/C19H22N4.2ClH/c1-15-13-20-10-12-22(15)14-17-19(16-7-3-2-4-8-16)21-18-9-5-6-11-23(17)18;;/h2-9,11,15,20H,10,12-14H2,1H3;2*1H/t15-;;/m1../s1. The van der Waals surface area contributed by atoms with Gasteiger partial charge in [0.1, 0.15) is 5.65 Å². The molecule has 0 bridgehead atoms. The van der Waals surface area contributed by atoms with Gasteiger partial charge in [0.25, 0.3) is 0 Å². The van der Waals surface area contributed by atoms with Crippen molar-refractivity contribution in [3.8, 4) is 11.3 Å².